The maximum atomic E-state index is 12.1. The number of benzene rings is 3. The molecule has 126 valence electrons. The molecule has 4 heteroatoms. The second-order valence-corrected chi connectivity index (χ2v) is 5.48. The Balaban J connectivity index is 1.61. The Labute approximate surface area is 147 Å². The van der Waals surface area contributed by atoms with Gasteiger partial charge in [-0.2, -0.15) is 0 Å². The summed E-state index contributed by atoms with van der Waals surface area (Å²) in [5.41, 5.74) is 3.32. The van der Waals surface area contributed by atoms with Gasteiger partial charge in [0.15, 0.2) is 0 Å². The van der Waals surface area contributed by atoms with Crippen LogP contribution in [0.2, 0.25) is 0 Å². The Morgan fingerprint density at radius 3 is 1.96 bits per heavy atom. The van der Waals surface area contributed by atoms with E-state index in [1.54, 1.807) is 12.1 Å². The van der Waals surface area contributed by atoms with E-state index in [0.29, 0.717) is 12.2 Å². The van der Waals surface area contributed by atoms with Crippen LogP contribution in [0.1, 0.15) is 17.3 Å². The van der Waals surface area contributed by atoms with Crippen molar-refractivity contribution in [3.05, 3.63) is 84.4 Å². The van der Waals surface area contributed by atoms with Gasteiger partial charge in [0.2, 0.25) is 0 Å². The molecule has 0 atom stereocenters. The SMILES string of the molecule is CCOc1ccc(Nc2ccc(NC(=O)c3ccccc3)cc2)cc1. The van der Waals surface area contributed by atoms with Crippen LogP contribution < -0.4 is 15.4 Å². The van der Waals surface area contributed by atoms with E-state index in [1.807, 2.05) is 73.7 Å². The molecule has 0 heterocycles. The van der Waals surface area contributed by atoms with Crippen molar-refractivity contribution in [1.29, 1.82) is 0 Å². The molecular weight excluding hydrogens is 312 g/mol. The highest BCUT2D eigenvalue weighted by Crippen LogP contribution is 2.21. The Morgan fingerprint density at radius 1 is 0.800 bits per heavy atom. The second kappa shape index (κ2) is 8.02. The van der Waals surface area contributed by atoms with Gasteiger partial charge in [-0.25, -0.2) is 0 Å². The lowest BCUT2D eigenvalue weighted by Gasteiger charge is -2.10. The minimum atomic E-state index is -0.118. The van der Waals surface area contributed by atoms with E-state index in [0.717, 1.165) is 22.8 Å². The summed E-state index contributed by atoms with van der Waals surface area (Å²) in [5.74, 6) is 0.736. The van der Waals surface area contributed by atoms with Crippen molar-refractivity contribution in [2.45, 2.75) is 6.92 Å². The predicted octanol–water partition coefficient (Wildman–Crippen LogP) is 5.08. The van der Waals surface area contributed by atoms with Crippen LogP contribution >= 0.6 is 0 Å². The molecule has 0 bridgehead atoms. The Bertz CT molecular complexity index is 813. The molecule has 0 radical (unpaired) electrons. The monoisotopic (exact) mass is 332 g/mol. The van der Waals surface area contributed by atoms with Gasteiger partial charge in [0.1, 0.15) is 5.75 Å². The molecule has 1 amide bonds. The first-order valence-electron chi connectivity index (χ1n) is 8.21. The first-order chi connectivity index (χ1) is 12.2. The topological polar surface area (TPSA) is 50.4 Å². The van der Waals surface area contributed by atoms with Crippen LogP contribution in [0, 0.1) is 0 Å². The summed E-state index contributed by atoms with van der Waals surface area (Å²) < 4.78 is 5.43. The molecule has 0 saturated heterocycles. The van der Waals surface area contributed by atoms with Crippen molar-refractivity contribution in [2.75, 3.05) is 17.2 Å². The number of hydrogen-bond acceptors (Lipinski definition) is 3. The van der Waals surface area contributed by atoms with Crippen molar-refractivity contribution in [3.63, 3.8) is 0 Å². The fourth-order valence-corrected chi connectivity index (χ4v) is 2.40. The minimum absolute atomic E-state index is 0.118. The molecule has 0 unspecified atom stereocenters. The van der Waals surface area contributed by atoms with E-state index < -0.39 is 0 Å². The lowest BCUT2D eigenvalue weighted by molar-refractivity contribution is 0.102. The molecule has 0 aliphatic heterocycles. The highest BCUT2D eigenvalue weighted by atomic mass is 16.5. The molecule has 25 heavy (non-hydrogen) atoms. The normalized spacial score (nSPS) is 10.1. The zero-order valence-electron chi connectivity index (χ0n) is 14.0. The standard InChI is InChI=1S/C21H20N2O2/c1-2-25-20-14-12-18(13-15-20)22-17-8-10-19(11-9-17)23-21(24)16-6-4-3-5-7-16/h3-15,22H,2H2,1H3,(H,23,24). The summed E-state index contributed by atoms with van der Waals surface area (Å²) >= 11 is 0. The number of carbonyl (C=O) groups excluding carboxylic acids is 1. The fourth-order valence-electron chi connectivity index (χ4n) is 2.40. The van der Waals surface area contributed by atoms with Gasteiger partial charge in [-0.15, -0.1) is 0 Å². The van der Waals surface area contributed by atoms with Gasteiger partial charge in [0.05, 0.1) is 6.61 Å². The van der Waals surface area contributed by atoms with Gasteiger partial charge in [-0.05, 0) is 67.6 Å². The van der Waals surface area contributed by atoms with Gasteiger partial charge in [-0.3, -0.25) is 4.79 Å². The van der Waals surface area contributed by atoms with E-state index in [4.69, 9.17) is 4.74 Å². The molecule has 3 rings (SSSR count). The molecular formula is C21H20N2O2. The molecule has 4 nitrogen and oxygen atoms in total. The van der Waals surface area contributed by atoms with Crippen LogP contribution in [0.25, 0.3) is 0 Å². The van der Waals surface area contributed by atoms with Gasteiger partial charge in [-0.1, -0.05) is 18.2 Å². The summed E-state index contributed by atoms with van der Waals surface area (Å²) in [7, 11) is 0. The molecule has 0 aliphatic rings. The second-order valence-electron chi connectivity index (χ2n) is 5.48. The quantitative estimate of drug-likeness (QED) is 0.662. The first kappa shape index (κ1) is 16.6. The molecule has 2 N–H and O–H groups in total. The van der Waals surface area contributed by atoms with E-state index >= 15 is 0 Å². The predicted molar refractivity (Wildman–Crippen MR) is 102 cm³/mol. The molecule has 3 aromatic carbocycles. The highest BCUT2D eigenvalue weighted by molar-refractivity contribution is 6.04. The van der Waals surface area contributed by atoms with Gasteiger partial charge in [0, 0.05) is 22.6 Å². The number of hydrogen-bond donors (Lipinski definition) is 2. The molecule has 0 aromatic heterocycles. The number of ether oxygens (including phenoxy) is 1. The first-order valence-corrected chi connectivity index (χ1v) is 8.21. The number of anilines is 3. The fraction of sp³-hybridized carbons (Fsp3) is 0.0952. The maximum Gasteiger partial charge on any atom is 0.255 e. The van der Waals surface area contributed by atoms with Crippen LogP contribution in [0.15, 0.2) is 78.9 Å². The molecule has 0 saturated carbocycles. The van der Waals surface area contributed by atoms with Gasteiger partial charge >= 0.3 is 0 Å². The van der Waals surface area contributed by atoms with Crippen molar-refractivity contribution in [1.82, 2.24) is 0 Å². The lowest BCUT2D eigenvalue weighted by atomic mass is 10.2. The average molecular weight is 332 g/mol. The summed E-state index contributed by atoms with van der Waals surface area (Å²) in [6.07, 6.45) is 0. The largest absolute Gasteiger partial charge is 0.494 e. The van der Waals surface area contributed by atoms with Crippen molar-refractivity contribution in [2.24, 2.45) is 0 Å². The summed E-state index contributed by atoms with van der Waals surface area (Å²) in [5, 5.41) is 6.20. The molecule has 3 aromatic rings. The Kier molecular flexibility index (Phi) is 5.32. The minimum Gasteiger partial charge on any atom is -0.494 e. The smallest absolute Gasteiger partial charge is 0.255 e. The van der Waals surface area contributed by atoms with E-state index in [1.165, 1.54) is 0 Å². The summed E-state index contributed by atoms with van der Waals surface area (Å²) in [6, 6.07) is 24.6. The van der Waals surface area contributed by atoms with Crippen LogP contribution in [0.4, 0.5) is 17.1 Å². The molecule has 0 aliphatic carbocycles. The van der Waals surface area contributed by atoms with Crippen LogP contribution in [0.5, 0.6) is 5.75 Å². The Morgan fingerprint density at radius 2 is 1.36 bits per heavy atom. The van der Waals surface area contributed by atoms with Crippen LogP contribution in [-0.4, -0.2) is 12.5 Å². The third-order valence-electron chi connectivity index (χ3n) is 3.63. The summed E-state index contributed by atoms with van der Waals surface area (Å²) in [6.45, 7) is 2.62. The van der Waals surface area contributed by atoms with Crippen molar-refractivity contribution in [3.8, 4) is 5.75 Å². The number of amides is 1. The molecule has 0 spiro atoms. The zero-order valence-corrected chi connectivity index (χ0v) is 14.0. The van der Waals surface area contributed by atoms with Gasteiger partial charge < -0.3 is 15.4 Å². The highest BCUT2D eigenvalue weighted by Gasteiger charge is 2.05. The number of rotatable bonds is 6. The van der Waals surface area contributed by atoms with Crippen LogP contribution in [0.3, 0.4) is 0 Å². The average Bonchev–Trinajstić information content (AvgIpc) is 2.66. The van der Waals surface area contributed by atoms with Gasteiger partial charge in [0.25, 0.3) is 5.91 Å². The maximum absolute atomic E-state index is 12.1. The number of nitrogens with one attached hydrogen (secondary N) is 2. The van der Waals surface area contributed by atoms with Crippen molar-refractivity contribution >= 4 is 23.0 Å². The third-order valence-corrected chi connectivity index (χ3v) is 3.63. The zero-order chi connectivity index (χ0) is 17.5. The van der Waals surface area contributed by atoms with E-state index in [2.05, 4.69) is 10.6 Å². The van der Waals surface area contributed by atoms with Crippen LogP contribution in [-0.2, 0) is 0 Å². The van der Waals surface area contributed by atoms with Crippen molar-refractivity contribution < 1.29 is 9.53 Å². The van der Waals surface area contributed by atoms with E-state index in [9.17, 15) is 4.79 Å². The third kappa shape index (κ3) is 4.61. The molecule has 0 fully saturated rings. The Hall–Kier alpha value is -3.27. The number of carbonyl (C=O) groups is 1. The van der Waals surface area contributed by atoms with E-state index in [-0.39, 0.29) is 5.91 Å². The lowest BCUT2D eigenvalue weighted by Crippen LogP contribution is -2.11. The summed E-state index contributed by atoms with van der Waals surface area (Å²) in [4.78, 5) is 12.1.